The first-order valence-electron chi connectivity index (χ1n) is 10.6. The SMILES string of the molecule is COc1ccc([C@H](CNC(=O)c2c(-c3c(F)cccc3Cl)noc2C)N2CCOCC2)cc1. The molecule has 1 fully saturated rings. The molecule has 0 bridgehead atoms. The average Bonchev–Trinajstić information content (AvgIpc) is 3.21. The Morgan fingerprint density at radius 1 is 1.24 bits per heavy atom. The zero-order valence-electron chi connectivity index (χ0n) is 18.4. The van der Waals surface area contributed by atoms with Crippen LogP contribution in [0.2, 0.25) is 5.02 Å². The predicted octanol–water partition coefficient (Wildman–Crippen LogP) is 4.25. The number of aryl methyl sites for hydroxylation is 1. The second-order valence-corrected chi connectivity index (χ2v) is 8.11. The maximum Gasteiger partial charge on any atom is 0.257 e. The molecule has 9 heteroatoms. The molecule has 1 atom stereocenters. The van der Waals surface area contributed by atoms with E-state index in [9.17, 15) is 9.18 Å². The number of rotatable bonds is 7. The van der Waals surface area contributed by atoms with Crippen molar-refractivity contribution >= 4 is 17.5 Å². The Balaban J connectivity index is 1.59. The minimum Gasteiger partial charge on any atom is -0.497 e. The van der Waals surface area contributed by atoms with E-state index in [2.05, 4.69) is 15.4 Å². The van der Waals surface area contributed by atoms with Crippen LogP contribution in [0.5, 0.6) is 5.75 Å². The number of amides is 1. The van der Waals surface area contributed by atoms with Gasteiger partial charge in [-0.3, -0.25) is 9.69 Å². The first-order valence-corrected chi connectivity index (χ1v) is 11.0. The summed E-state index contributed by atoms with van der Waals surface area (Å²) in [5.41, 5.74) is 1.33. The third-order valence-electron chi connectivity index (χ3n) is 5.73. The van der Waals surface area contributed by atoms with Crippen LogP contribution in [0.1, 0.15) is 27.7 Å². The number of methoxy groups -OCH3 is 1. The van der Waals surface area contributed by atoms with Crippen molar-refractivity contribution < 1.29 is 23.2 Å². The van der Waals surface area contributed by atoms with Crippen molar-refractivity contribution in [3.8, 4) is 17.0 Å². The molecule has 2 aromatic carbocycles. The van der Waals surface area contributed by atoms with Gasteiger partial charge in [0.1, 0.15) is 28.6 Å². The van der Waals surface area contributed by atoms with Crippen molar-refractivity contribution in [1.82, 2.24) is 15.4 Å². The molecule has 1 amide bonds. The summed E-state index contributed by atoms with van der Waals surface area (Å²) in [6.07, 6.45) is 0. The molecule has 0 unspecified atom stereocenters. The van der Waals surface area contributed by atoms with E-state index in [1.807, 2.05) is 24.3 Å². The smallest absolute Gasteiger partial charge is 0.257 e. The summed E-state index contributed by atoms with van der Waals surface area (Å²) < 4.78 is 30.5. The number of halogens is 2. The summed E-state index contributed by atoms with van der Waals surface area (Å²) >= 11 is 6.20. The van der Waals surface area contributed by atoms with Crippen LogP contribution in [0, 0.1) is 12.7 Å². The summed E-state index contributed by atoms with van der Waals surface area (Å²) in [6.45, 7) is 4.69. The maximum atomic E-state index is 14.5. The lowest BCUT2D eigenvalue weighted by atomic mass is 10.0. The molecule has 1 aliphatic heterocycles. The van der Waals surface area contributed by atoms with Gasteiger partial charge in [0.25, 0.3) is 5.91 Å². The average molecular weight is 474 g/mol. The minimum absolute atomic E-state index is 0.0426. The third-order valence-corrected chi connectivity index (χ3v) is 6.05. The highest BCUT2D eigenvalue weighted by atomic mass is 35.5. The lowest BCUT2D eigenvalue weighted by Crippen LogP contribution is -2.43. The molecular weight excluding hydrogens is 449 g/mol. The number of carbonyl (C=O) groups is 1. The first kappa shape index (κ1) is 23.2. The second kappa shape index (κ2) is 10.3. The van der Waals surface area contributed by atoms with Gasteiger partial charge in [-0.1, -0.05) is 35.0 Å². The van der Waals surface area contributed by atoms with Crippen molar-refractivity contribution in [2.75, 3.05) is 40.0 Å². The maximum absolute atomic E-state index is 14.5. The molecule has 7 nitrogen and oxygen atoms in total. The summed E-state index contributed by atoms with van der Waals surface area (Å²) in [7, 11) is 1.62. The van der Waals surface area contributed by atoms with Crippen molar-refractivity contribution in [2.24, 2.45) is 0 Å². The summed E-state index contributed by atoms with van der Waals surface area (Å²) in [4.78, 5) is 15.5. The van der Waals surface area contributed by atoms with Gasteiger partial charge in [0.05, 0.1) is 37.0 Å². The second-order valence-electron chi connectivity index (χ2n) is 7.71. The molecule has 33 heavy (non-hydrogen) atoms. The van der Waals surface area contributed by atoms with Crippen molar-refractivity contribution in [1.29, 1.82) is 0 Å². The van der Waals surface area contributed by atoms with Gasteiger partial charge < -0.3 is 19.3 Å². The fraction of sp³-hybridized carbons (Fsp3) is 0.333. The Morgan fingerprint density at radius 2 is 1.97 bits per heavy atom. The fourth-order valence-electron chi connectivity index (χ4n) is 3.98. The van der Waals surface area contributed by atoms with Crippen LogP contribution in [0.15, 0.2) is 47.0 Å². The molecule has 3 aromatic rings. The number of nitrogens with zero attached hydrogens (tertiary/aromatic N) is 2. The van der Waals surface area contributed by atoms with E-state index in [0.29, 0.717) is 19.8 Å². The Kier molecular flexibility index (Phi) is 7.27. The highest BCUT2D eigenvalue weighted by molar-refractivity contribution is 6.33. The number of aromatic nitrogens is 1. The monoisotopic (exact) mass is 473 g/mol. The fourth-order valence-corrected chi connectivity index (χ4v) is 4.24. The molecule has 1 N–H and O–H groups in total. The predicted molar refractivity (Wildman–Crippen MR) is 122 cm³/mol. The lowest BCUT2D eigenvalue weighted by Gasteiger charge is -2.35. The minimum atomic E-state index is -0.575. The van der Waals surface area contributed by atoms with E-state index in [4.69, 9.17) is 25.6 Å². The quantitative estimate of drug-likeness (QED) is 0.552. The topological polar surface area (TPSA) is 76.8 Å². The van der Waals surface area contributed by atoms with Crippen molar-refractivity contribution in [2.45, 2.75) is 13.0 Å². The van der Waals surface area contributed by atoms with Gasteiger partial charge in [0.15, 0.2) is 0 Å². The molecule has 0 radical (unpaired) electrons. The van der Waals surface area contributed by atoms with Crippen LogP contribution in [0.4, 0.5) is 4.39 Å². The van der Waals surface area contributed by atoms with Crippen LogP contribution in [0.3, 0.4) is 0 Å². The zero-order chi connectivity index (χ0) is 23.4. The molecule has 174 valence electrons. The summed E-state index contributed by atoms with van der Waals surface area (Å²) in [5.74, 6) is 0.0633. The van der Waals surface area contributed by atoms with E-state index in [1.54, 1.807) is 20.1 Å². The number of nitrogens with one attached hydrogen (secondary N) is 1. The van der Waals surface area contributed by atoms with Crippen LogP contribution in [0.25, 0.3) is 11.3 Å². The van der Waals surface area contributed by atoms with Crippen molar-refractivity contribution in [3.05, 3.63) is 70.2 Å². The first-order chi connectivity index (χ1) is 16.0. The van der Waals surface area contributed by atoms with E-state index in [1.165, 1.54) is 12.1 Å². The molecule has 1 saturated heterocycles. The van der Waals surface area contributed by atoms with Gasteiger partial charge in [0.2, 0.25) is 0 Å². The number of benzene rings is 2. The Morgan fingerprint density at radius 3 is 2.64 bits per heavy atom. The molecule has 2 heterocycles. The standard InChI is InChI=1S/C24H25ClFN3O4/c1-15-21(23(28-33-15)22-18(25)4-3-5-19(22)26)24(30)27-14-20(29-10-12-32-13-11-29)16-6-8-17(31-2)9-7-16/h3-9,20H,10-14H2,1-2H3,(H,27,30)/t20-/m0/s1. The Labute approximate surface area is 196 Å². The van der Waals surface area contributed by atoms with E-state index >= 15 is 0 Å². The van der Waals surface area contributed by atoms with Crippen molar-refractivity contribution in [3.63, 3.8) is 0 Å². The summed E-state index contributed by atoms with van der Waals surface area (Å²) in [6, 6.07) is 12.0. The number of carbonyl (C=O) groups excluding carboxylic acids is 1. The lowest BCUT2D eigenvalue weighted by molar-refractivity contribution is 0.0162. The summed E-state index contributed by atoms with van der Waals surface area (Å²) in [5, 5.41) is 7.06. The van der Waals surface area contributed by atoms with Crippen LogP contribution in [-0.2, 0) is 4.74 Å². The van der Waals surface area contributed by atoms with Gasteiger partial charge in [-0.2, -0.15) is 0 Å². The highest BCUT2D eigenvalue weighted by Gasteiger charge is 2.28. The molecular formula is C24H25ClFN3O4. The number of ether oxygens (including phenoxy) is 2. The molecule has 1 aliphatic rings. The molecule has 0 aliphatic carbocycles. The van der Waals surface area contributed by atoms with Gasteiger partial charge in [-0.25, -0.2) is 4.39 Å². The molecule has 0 saturated carbocycles. The number of hydrogen-bond acceptors (Lipinski definition) is 6. The Bertz CT molecular complexity index is 1090. The van der Waals surface area contributed by atoms with Gasteiger partial charge in [-0.05, 0) is 36.8 Å². The van der Waals surface area contributed by atoms with E-state index < -0.39 is 11.7 Å². The Hall–Kier alpha value is -2.94. The van der Waals surface area contributed by atoms with E-state index in [0.717, 1.165) is 24.4 Å². The molecule has 0 spiro atoms. The van der Waals surface area contributed by atoms with Gasteiger partial charge in [0, 0.05) is 19.6 Å². The molecule has 1 aromatic heterocycles. The number of hydrogen-bond donors (Lipinski definition) is 1. The van der Waals surface area contributed by atoms with Gasteiger partial charge in [-0.15, -0.1) is 0 Å². The largest absolute Gasteiger partial charge is 0.497 e. The van der Waals surface area contributed by atoms with Crippen LogP contribution < -0.4 is 10.1 Å². The number of morpholine rings is 1. The van der Waals surface area contributed by atoms with E-state index in [-0.39, 0.29) is 33.6 Å². The highest BCUT2D eigenvalue weighted by Crippen LogP contribution is 2.33. The van der Waals surface area contributed by atoms with Crippen LogP contribution in [-0.4, -0.2) is 55.9 Å². The van der Waals surface area contributed by atoms with Crippen LogP contribution >= 0.6 is 11.6 Å². The third kappa shape index (κ3) is 5.03. The zero-order valence-corrected chi connectivity index (χ0v) is 19.2. The molecule has 4 rings (SSSR count). The van der Waals surface area contributed by atoms with Gasteiger partial charge >= 0.3 is 0 Å². The normalized spacial score (nSPS) is 15.3.